The molecule has 40 heteroatoms. The van der Waals surface area contributed by atoms with E-state index in [1.54, 1.807) is 52.7 Å². The standard InChI is InChI=1S/C22H15F6N3O2.C20H12F6N6O.C19H13F3N4O2.C19H14FN5O/c1-12-16(8-9-33-12)20(32)29-19-17-10-15(22(26,27)28)6-7-18(17)31(30-19)11-13-2-4-14(5-3-13)21(23,24)25;21-19(22,23)12-4-5-15-13(8-12)17(29-18(33)14-2-1-7-28-30-14)31-32(15)10-11-3-6-16(27-9-11)20(24,25)26;20-19(21,22)13-7-5-12(6-8-13)11-26-15-4-2-1-3-14(15)17(25-26)24-18(27)16-9-10-23-28-16;20-14-9-7-13(8-10-14)12-25-17-6-2-1-4-15(17)18(24-25)22-19(26)16-5-3-11-21-23-16/h2-10H,11H2,1H3,(H,29,30,32);1-9H,10H2,(H,29,31,33);1-10H,11H2,(H,24,25,27);1-11H,12H2,(H,22,24,26). The van der Waals surface area contributed by atoms with Crippen LogP contribution in [0.1, 0.15) is 97.9 Å². The second-order valence-electron chi connectivity index (χ2n) is 25.9. The molecule has 0 unspecified atom stereocenters. The molecular weight excluding hydrogens is 1610 g/mol. The van der Waals surface area contributed by atoms with E-state index in [0.29, 0.717) is 46.0 Å². The summed E-state index contributed by atoms with van der Waals surface area (Å²) in [6, 6.07) is 46.9. The number of amides is 4. The fourth-order valence-electron chi connectivity index (χ4n) is 11.9. The van der Waals surface area contributed by atoms with E-state index in [9.17, 15) is 89.4 Å². The van der Waals surface area contributed by atoms with Gasteiger partial charge in [-0.2, -0.15) is 96.4 Å². The van der Waals surface area contributed by atoms with E-state index in [-0.39, 0.29) is 87.5 Å². The third-order valence-electron chi connectivity index (χ3n) is 17.7. The number of nitrogens with one attached hydrogen (secondary N) is 4. The fraction of sp³-hybridized carbons (Fsp3) is 0.125. The van der Waals surface area contributed by atoms with Crippen LogP contribution in [-0.2, 0) is 57.1 Å². The topological polar surface area (TPSA) is 291 Å². The van der Waals surface area contributed by atoms with Crippen LogP contribution in [-0.4, -0.2) is 93.3 Å². The van der Waals surface area contributed by atoms with Crippen LogP contribution in [0, 0.1) is 12.7 Å². The number of benzene rings is 7. The van der Waals surface area contributed by atoms with E-state index in [1.165, 1.54) is 113 Å². The Morgan fingerprint density at radius 1 is 0.375 bits per heavy atom. The van der Waals surface area contributed by atoms with E-state index in [4.69, 9.17) is 8.94 Å². The van der Waals surface area contributed by atoms with Gasteiger partial charge in [-0.25, -0.2) is 4.39 Å². The minimum absolute atomic E-state index is 0.0121. The Kier molecular flexibility index (Phi) is 23.8. The zero-order chi connectivity index (χ0) is 85.4. The Labute approximate surface area is 663 Å². The van der Waals surface area contributed by atoms with Crippen molar-refractivity contribution < 1.29 is 98.4 Å². The molecule has 0 fully saturated rings. The number of furan rings is 1. The second kappa shape index (κ2) is 34.4. The van der Waals surface area contributed by atoms with Crippen LogP contribution in [0.2, 0.25) is 0 Å². The maximum absolute atomic E-state index is 13.3. The summed E-state index contributed by atoms with van der Waals surface area (Å²) < 4.78 is 223. The molecule has 120 heavy (non-hydrogen) atoms. The van der Waals surface area contributed by atoms with Crippen LogP contribution in [0.3, 0.4) is 0 Å². The normalized spacial score (nSPS) is 11.8. The first-order valence-corrected chi connectivity index (χ1v) is 35.0. The summed E-state index contributed by atoms with van der Waals surface area (Å²) in [5, 5.41) is 47.4. The van der Waals surface area contributed by atoms with Crippen molar-refractivity contribution >= 4 is 90.5 Å². The summed E-state index contributed by atoms with van der Waals surface area (Å²) in [7, 11) is 0. The lowest BCUT2D eigenvalue weighted by Crippen LogP contribution is -2.15. The first-order valence-electron chi connectivity index (χ1n) is 35.0. The minimum atomic E-state index is -4.64. The van der Waals surface area contributed by atoms with Gasteiger partial charge in [0, 0.05) is 46.2 Å². The van der Waals surface area contributed by atoms with E-state index in [1.807, 2.05) is 36.4 Å². The van der Waals surface area contributed by atoms with Crippen molar-refractivity contribution in [2.75, 3.05) is 21.3 Å². The zero-order valence-corrected chi connectivity index (χ0v) is 61.1. The van der Waals surface area contributed by atoms with Gasteiger partial charge in [-0.3, -0.25) is 42.9 Å². The highest BCUT2D eigenvalue weighted by molar-refractivity contribution is 6.10. The molecule has 0 aliphatic heterocycles. The summed E-state index contributed by atoms with van der Waals surface area (Å²) >= 11 is 0. The molecule has 0 saturated heterocycles. The average molecular weight is 1670 g/mol. The summed E-state index contributed by atoms with van der Waals surface area (Å²) in [4.78, 5) is 53.0. The van der Waals surface area contributed by atoms with Gasteiger partial charge in [0.1, 0.15) is 17.3 Å². The van der Waals surface area contributed by atoms with Crippen LogP contribution >= 0.6 is 0 Å². The van der Waals surface area contributed by atoms with Gasteiger partial charge >= 0.3 is 30.9 Å². The van der Waals surface area contributed by atoms with Gasteiger partial charge in [-0.1, -0.05) is 71.9 Å². The molecule has 4 N–H and O–H groups in total. The maximum atomic E-state index is 13.3. The van der Waals surface area contributed by atoms with Gasteiger partial charge in [-0.15, -0.1) is 10.2 Å². The number of pyridine rings is 1. The monoisotopic (exact) mass is 1670 g/mol. The number of alkyl halides is 15. The fourth-order valence-corrected chi connectivity index (χ4v) is 11.9. The number of para-hydroxylation sites is 2. The number of hydrogen-bond donors (Lipinski definition) is 4. The summed E-state index contributed by atoms with van der Waals surface area (Å²) in [6.07, 6.45) is -16.2. The quantitative estimate of drug-likeness (QED) is 0.0654. The number of nitrogens with zero attached hydrogens (tertiary/aromatic N) is 14. The van der Waals surface area contributed by atoms with Crippen molar-refractivity contribution in [1.82, 2.24) is 69.7 Å². The zero-order valence-electron chi connectivity index (χ0n) is 61.1. The van der Waals surface area contributed by atoms with E-state index in [2.05, 4.69) is 72.2 Å². The van der Waals surface area contributed by atoms with Crippen LogP contribution in [0.5, 0.6) is 0 Å². The van der Waals surface area contributed by atoms with Crippen molar-refractivity contribution in [3.05, 3.63) is 322 Å². The first kappa shape index (κ1) is 82.9. The van der Waals surface area contributed by atoms with Crippen LogP contribution < -0.4 is 21.3 Å². The molecule has 16 aromatic rings. The number of carbonyl (C=O) groups is 4. The molecule has 612 valence electrons. The third-order valence-corrected chi connectivity index (χ3v) is 17.7. The Hall–Kier alpha value is -15.0. The minimum Gasteiger partial charge on any atom is -0.469 e. The number of carbonyl (C=O) groups excluding carboxylic acids is 4. The van der Waals surface area contributed by atoms with Gasteiger partial charge in [0.15, 0.2) is 34.7 Å². The Morgan fingerprint density at radius 3 is 1.13 bits per heavy atom. The largest absolute Gasteiger partial charge is 0.469 e. The van der Waals surface area contributed by atoms with Crippen molar-refractivity contribution in [3.8, 4) is 0 Å². The van der Waals surface area contributed by atoms with Crippen LogP contribution in [0.25, 0.3) is 43.6 Å². The molecule has 16 rings (SSSR count). The van der Waals surface area contributed by atoms with Crippen LogP contribution in [0.15, 0.2) is 246 Å². The summed E-state index contributed by atoms with van der Waals surface area (Å²) in [5.41, 5.74) is 0.215. The SMILES string of the molecule is Cc1occc1C(=O)Nc1nn(Cc2ccc(C(F)(F)F)cc2)c2ccc(C(F)(F)F)cc12.O=C(Nc1nn(Cc2ccc(C(F)(F)F)cc2)c2ccccc12)c1ccno1.O=C(Nc1nn(Cc2ccc(C(F)(F)F)nc2)c2ccc(C(F)(F)F)cc12)c1cccnn1.O=C(Nc1nn(Cc2ccc(F)cc2)c2ccccc12)c1cccnn1. The Bertz CT molecular complexity index is 6330. The highest BCUT2D eigenvalue weighted by atomic mass is 19.4. The molecule has 0 bridgehead atoms. The second-order valence-corrected chi connectivity index (χ2v) is 25.9. The number of rotatable bonds is 16. The summed E-state index contributed by atoms with van der Waals surface area (Å²) in [6.45, 7) is 2.13. The van der Waals surface area contributed by atoms with Gasteiger partial charge in [-0.05, 0) is 163 Å². The van der Waals surface area contributed by atoms with Crippen molar-refractivity contribution in [1.29, 1.82) is 0 Å². The van der Waals surface area contributed by atoms with Crippen molar-refractivity contribution in [2.24, 2.45) is 0 Å². The Morgan fingerprint density at radius 2 is 0.758 bits per heavy atom. The number of hydrogen-bond acceptors (Lipinski definition) is 16. The van der Waals surface area contributed by atoms with Gasteiger partial charge in [0.25, 0.3) is 23.6 Å². The Balaban J connectivity index is 0.000000139. The first-order chi connectivity index (χ1) is 57.1. The molecule has 0 radical (unpaired) electrons. The molecule has 0 saturated carbocycles. The molecule has 7 aromatic carbocycles. The maximum Gasteiger partial charge on any atom is 0.433 e. The highest BCUT2D eigenvalue weighted by Crippen LogP contribution is 2.38. The predicted molar refractivity (Wildman–Crippen MR) is 400 cm³/mol. The van der Waals surface area contributed by atoms with E-state index < -0.39 is 76.6 Å². The van der Waals surface area contributed by atoms with E-state index in [0.717, 1.165) is 82.8 Å². The molecule has 4 amide bonds. The van der Waals surface area contributed by atoms with Crippen molar-refractivity contribution in [3.63, 3.8) is 0 Å². The molecule has 0 aliphatic carbocycles. The molecule has 0 aliphatic rings. The number of anilines is 4. The molecular formula is C80H54F16N18O6. The third kappa shape index (κ3) is 19.9. The lowest BCUT2D eigenvalue weighted by Gasteiger charge is -2.09. The molecule has 0 atom stereocenters. The number of aryl methyl sites for hydroxylation is 1. The molecule has 0 spiro atoms. The number of aromatic nitrogens is 14. The van der Waals surface area contributed by atoms with Crippen LogP contribution in [0.4, 0.5) is 93.5 Å². The van der Waals surface area contributed by atoms with Gasteiger partial charge in [0.2, 0.25) is 5.76 Å². The highest BCUT2D eigenvalue weighted by Gasteiger charge is 2.36. The molecule has 9 heterocycles. The van der Waals surface area contributed by atoms with Crippen molar-refractivity contribution in [2.45, 2.75) is 64.0 Å². The smallest absolute Gasteiger partial charge is 0.433 e. The average Bonchev–Trinajstić information content (AvgIpc) is 1.67. The number of fused-ring (bicyclic) bond motifs is 4. The lowest BCUT2D eigenvalue weighted by atomic mass is 10.1. The molecule has 24 nitrogen and oxygen atoms in total. The lowest BCUT2D eigenvalue weighted by molar-refractivity contribution is -0.141. The summed E-state index contributed by atoms with van der Waals surface area (Å²) in [5.74, 6) is -1.70. The number of halogens is 16. The predicted octanol–water partition coefficient (Wildman–Crippen LogP) is 18.4. The molecule has 9 aromatic heterocycles. The van der Waals surface area contributed by atoms with E-state index >= 15 is 0 Å². The van der Waals surface area contributed by atoms with Gasteiger partial charge in [0.05, 0.1) is 88.5 Å². The van der Waals surface area contributed by atoms with Gasteiger partial charge < -0.3 is 30.2 Å².